The Bertz CT molecular complexity index is 1190. The molecule has 0 unspecified atom stereocenters. The Balaban J connectivity index is 2.03. The van der Waals surface area contributed by atoms with Crippen LogP contribution in [0.2, 0.25) is 0 Å². The molecule has 0 N–H and O–H groups in total. The maximum atomic E-state index is 4.67. The van der Waals surface area contributed by atoms with Crippen molar-refractivity contribution < 1.29 is 0 Å². The van der Waals surface area contributed by atoms with Crippen molar-refractivity contribution in [2.75, 3.05) is 0 Å². The summed E-state index contributed by atoms with van der Waals surface area (Å²) < 4.78 is 0. The quantitative estimate of drug-likeness (QED) is 0.307. The van der Waals surface area contributed by atoms with Gasteiger partial charge in [-0.05, 0) is 41.3 Å². The monoisotopic (exact) mass is 348 g/mol. The van der Waals surface area contributed by atoms with Gasteiger partial charge in [0.1, 0.15) is 0 Å². The van der Waals surface area contributed by atoms with Crippen LogP contribution in [0.25, 0.3) is 38.5 Å². The van der Waals surface area contributed by atoms with Crippen molar-refractivity contribution in [2.45, 2.75) is 6.92 Å². The number of fused-ring (bicyclic) bond motifs is 3. The summed E-state index contributed by atoms with van der Waals surface area (Å²) >= 11 is 0. The van der Waals surface area contributed by atoms with Crippen molar-refractivity contribution in [1.29, 1.82) is 0 Å². The highest BCUT2D eigenvalue weighted by atomic mass is 14.7. The Morgan fingerprint density at radius 3 is 2.30 bits per heavy atom. The molecule has 0 atom stereocenters. The van der Waals surface area contributed by atoms with Gasteiger partial charge >= 0.3 is 0 Å². The van der Waals surface area contributed by atoms with Crippen LogP contribution < -0.4 is 0 Å². The molecule has 0 saturated carbocycles. The van der Waals surface area contributed by atoms with E-state index in [2.05, 4.69) is 65.1 Å². The van der Waals surface area contributed by atoms with Gasteiger partial charge in [-0.3, -0.25) is 9.97 Å². The highest BCUT2D eigenvalue weighted by molar-refractivity contribution is 6.10. The normalized spacial score (nSPS) is 12.1. The van der Waals surface area contributed by atoms with E-state index in [9.17, 15) is 0 Å². The topological polar surface area (TPSA) is 25.8 Å². The van der Waals surface area contributed by atoms with E-state index in [4.69, 9.17) is 0 Å². The fraction of sp³-hybridized carbons (Fsp3) is 0.0400. The first-order valence-corrected chi connectivity index (χ1v) is 9.01. The Morgan fingerprint density at radius 1 is 0.852 bits per heavy atom. The summed E-state index contributed by atoms with van der Waals surface area (Å²) in [6.07, 6.45) is 11.7. The molecule has 0 radical (unpaired) electrons. The number of pyridine rings is 2. The Hall–Kier alpha value is -3.52. The van der Waals surface area contributed by atoms with Crippen molar-refractivity contribution >= 4 is 27.4 Å². The molecule has 0 aliphatic carbocycles. The molecule has 0 fully saturated rings. The molecule has 0 amide bonds. The van der Waals surface area contributed by atoms with Crippen LogP contribution in [0.5, 0.6) is 0 Å². The van der Waals surface area contributed by atoms with Gasteiger partial charge < -0.3 is 0 Å². The van der Waals surface area contributed by atoms with Crippen LogP contribution in [0.4, 0.5) is 0 Å². The highest BCUT2D eigenvalue weighted by Gasteiger charge is 2.11. The molecular formula is C25H20N2. The fourth-order valence-corrected chi connectivity index (χ4v) is 3.49. The average molecular weight is 348 g/mol. The number of nitrogens with zero attached hydrogens (tertiary/aromatic N) is 2. The van der Waals surface area contributed by atoms with E-state index < -0.39 is 0 Å². The van der Waals surface area contributed by atoms with Gasteiger partial charge in [0, 0.05) is 23.2 Å². The van der Waals surface area contributed by atoms with E-state index in [1.807, 2.05) is 49.7 Å². The minimum Gasteiger partial charge on any atom is -0.254 e. The lowest BCUT2D eigenvalue weighted by Crippen LogP contribution is -1.91. The molecule has 2 aromatic carbocycles. The third-order valence-electron chi connectivity index (χ3n) is 4.66. The smallest absolute Gasteiger partial charge is 0.0970 e. The first-order valence-electron chi connectivity index (χ1n) is 9.01. The SMILES string of the molecule is C=C/C=C(\C=C/C)c1ccnc2c1ccc1c(-c3ccccc3)ccnc12. The number of benzene rings is 2. The molecule has 2 nitrogen and oxygen atoms in total. The van der Waals surface area contributed by atoms with Gasteiger partial charge in [0.25, 0.3) is 0 Å². The Morgan fingerprint density at radius 2 is 1.56 bits per heavy atom. The average Bonchev–Trinajstić information content (AvgIpc) is 2.73. The van der Waals surface area contributed by atoms with E-state index in [-0.39, 0.29) is 0 Å². The second-order valence-electron chi connectivity index (χ2n) is 6.30. The molecule has 2 aromatic heterocycles. The minimum absolute atomic E-state index is 0.919. The van der Waals surface area contributed by atoms with Crippen molar-refractivity contribution in [3.8, 4) is 11.1 Å². The highest BCUT2D eigenvalue weighted by Crippen LogP contribution is 2.33. The summed E-state index contributed by atoms with van der Waals surface area (Å²) in [5.74, 6) is 0. The lowest BCUT2D eigenvalue weighted by atomic mass is 9.96. The third-order valence-corrected chi connectivity index (χ3v) is 4.66. The summed E-state index contributed by atoms with van der Waals surface area (Å²) in [6.45, 7) is 5.86. The van der Waals surface area contributed by atoms with Crippen molar-refractivity contribution in [3.05, 3.63) is 103 Å². The first-order chi connectivity index (χ1) is 13.3. The van der Waals surface area contributed by atoms with E-state index in [0.29, 0.717) is 0 Å². The zero-order valence-electron chi connectivity index (χ0n) is 15.3. The zero-order valence-corrected chi connectivity index (χ0v) is 15.3. The molecule has 0 bridgehead atoms. The molecule has 0 aliphatic heterocycles. The van der Waals surface area contributed by atoms with Crippen molar-refractivity contribution in [3.63, 3.8) is 0 Å². The lowest BCUT2D eigenvalue weighted by Gasteiger charge is -2.11. The Kier molecular flexibility index (Phi) is 4.63. The summed E-state index contributed by atoms with van der Waals surface area (Å²) in [7, 11) is 0. The van der Waals surface area contributed by atoms with Crippen molar-refractivity contribution in [2.24, 2.45) is 0 Å². The second kappa shape index (κ2) is 7.38. The van der Waals surface area contributed by atoms with Gasteiger partial charge in [-0.2, -0.15) is 0 Å². The zero-order chi connectivity index (χ0) is 18.6. The number of aromatic nitrogens is 2. The van der Waals surface area contributed by atoms with Crippen LogP contribution in [0.1, 0.15) is 12.5 Å². The van der Waals surface area contributed by atoms with Gasteiger partial charge in [-0.25, -0.2) is 0 Å². The van der Waals surface area contributed by atoms with Gasteiger partial charge in [-0.1, -0.05) is 73.3 Å². The predicted molar refractivity (Wildman–Crippen MR) is 115 cm³/mol. The van der Waals surface area contributed by atoms with Crippen LogP contribution in [0, 0.1) is 0 Å². The largest absolute Gasteiger partial charge is 0.254 e. The van der Waals surface area contributed by atoms with Gasteiger partial charge in [0.05, 0.1) is 11.0 Å². The molecule has 2 heteroatoms. The molecule has 130 valence electrons. The van der Waals surface area contributed by atoms with E-state index >= 15 is 0 Å². The summed E-state index contributed by atoms with van der Waals surface area (Å²) in [5, 5.41) is 2.20. The molecule has 0 spiro atoms. The van der Waals surface area contributed by atoms with Crippen LogP contribution in [-0.4, -0.2) is 9.97 Å². The van der Waals surface area contributed by atoms with E-state index in [0.717, 1.165) is 32.9 Å². The molecule has 4 aromatic rings. The maximum Gasteiger partial charge on any atom is 0.0970 e. The molecular weight excluding hydrogens is 328 g/mol. The lowest BCUT2D eigenvalue weighted by molar-refractivity contribution is 1.37. The summed E-state index contributed by atoms with van der Waals surface area (Å²) in [6, 6.07) is 18.8. The summed E-state index contributed by atoms with van der Waals surface area (Å²) in [4.78, 5) is 9.34. The van der Waals surface area contributed by atoms with Crippen LogP contribution in [0.3, 0.4) is 0 Å². The predicted octanol–water partition coefficient (Wildman–Crippen LogP) is 6.60. The number of allylic oxidation sites excluding steroid dienone is 5. The number of rotatable bonds is 4. The van der Waals surface area contributed by atoms with Crippen LogP contribution in [0.15, 0.2) is 97.9 Å². The molecule has 27 heavy (non-hydrogen) atoms. The molecule has 0 aliphatic rings. The molecule has 0 saturated heterocycles. The third kappa shape index (κ3) is 3.06. The number of hydrogen-bond acceptors (Lipinski definition) is 2. The van der Waals surface area contributed by atoms with Gasteiger partial charge in [0.15, 0.2) is 0 Å². The minimum atomic E-state index is 0.919. The maximum absolute atomic E-state index is 4.67. The van der Waals surface area contributed by atoms with Gasteiger partial charge in [0.2, 0.25) is 0 Å². The van der Waals surface area contributed by atoms with Crippen molar-refractivity contribution in [1.82, 2.24) is 9.97 Å². The van der Waals surface area contributed by atoms with E-state index in [1.54, 1.807) is 0 Å². The molecule has 4 rings (SSSR count). The van der Waals surface area contributed by atoms with Gasteiger partial charge in [-0.15, -0.1) is 0 Å². The van der Waals surface area contributed by atoms with Crippen LogP contribution in [-0.2, 0) is 0 Å². The first kappa shape index (κ1) is 16.9. The molecule has 2 heterocycles. The van der Waals surface area contributed by atoms with E-state index in [1.165, 1.54) is 11.1 Å². The second-order valence-corrected chi connectivity index (χ2v) is 6.30. The fourth-order valence-electron chi connectivity index (χ4n) is 3.49. The standard InChI is InChI=1S/C25H20N2/c1-3-8-18(9-4-2)20-14-16-26-24-22(20)12-13-23-21(15-17-27-25(23)24)19-10-6-5-7-11-19/h3-17H,1H2,2H3/b9-4-,18-8+. The van der Waals surface area contributed by atoms with Crippen LogP contribution >= 0.6 is 0 Å². The Labute approximate surface area is 159 Å². The number of hydrogen-bond donors (Lipinski definition) is 0. The summed E-state index contributed by atoms with van der Waals surface area (Å²) in [5.41, 5.74) is 6.44.